The van der Waals surface area contributed by atoms with Gasteiger partial charge in [-0.15, -0.1) is 0 Å². The van der Waals surface area contributed by atoms with Crippen LogP contribution in [0.3, 0.4) is 0 Å². The molecule has 0 aliphatic heterocycles. The van der Waals surface area contributed by atoms with E-state index in [1.165, 1.54) is 0 Å². The molecule has 0 saturated heterocycles. The summed E-state index contributed by atoms with van der Waals surface area (Å²) in [7, 11) is 0. The van der Waals surface area contributed by atoms with E-state index in [1.54, 1.807) is 6.07 Å². The quantitative estimate of drug-likeness (QED) is 0.690. The van der Waals surface area contributed by atoms with Gasteiger partial charge in [-0.25, -0.2) is 0 Å². The molecule has 1 rings (SSSR count). The van der Waals surface area contributed by atoms with Crippen LogP contribution < -0.4 is 5.32 Å². The zero-order valence-electron chi connectivity index (χ0n) is 13.5. The molecule has 1 aromatic rings. The Kier molecular flexibility index (Phi) is 8.65. The number of nitrogens with one attached hydrogen (secondary N) is 1. The van der Waals surface area contributed by atoms with Gasteiger partial charge >= 0.3 is 0 Å². The highest BCUT2D eigenvalue weighted by Gasteiger charge is 2.25. The van der Waals surface area contributed by atoms with Crippen molar-refractivity contribution in [1.82, 2.24) is 5.32 Å². The minimum Gasteiger partial charge on any atom is -0.377 e. The fourth-order valence-corrected chi connectivity index (χ4v) is 3.01. The van der Waals surface area contributed by atoms with Gasteiger partial charge in [0, 0.05) is 22.7 Å². The van der Waals surface area contributed by atoms with Crippen molar-refractivity contribution in [2.45, 2.75) is 52.7 Å². The monoisotopic (exact) mass is 331 g/mol. The fourth-order valence-electron chi connectivity index (χ4n) is 2.52. The van der Waals surface area contributed by atoms with E-state index < -0.39 is 0 Å². The Labute approximate surface area is 139 Å². The SMILES string of the molecule is CCCNC(Cc1ccc(Cl)cc1Cl)C(OCC)C(C)C. The third kappa shape index (κ3) is 6.15. The van der Waals surface area contributed by atoms with Crippen molar-refractivity contribution < 1.29 is 4.74 Å². The first kappa shape index (κ1) is 18.8. The molecule has 4 heteroatoms. The second kappa shape index (κ2) is 9.68. The fraction of sp³-hybridized carbons (Fsp3) is 0.647. The van der Waals surface area contributed by atoms with Crippen molar-refractivity contribution in [2.24, 2.45) is 5.92 Å². The topological polar surface area (TPSA) is 21.3 Å². The summed E-state index contributed by atoms with van der Waals surface area (Å²) in [5.41, 5.74) is 1.11. The molecule has 2 nitrogen and oxygen atoms in total. The summed E-state index contributed by atoms with van der Waals surface area (Å²) in [6, 6.07) is 5.96. The molecular weight excluding hydrogens is 305 g/mol. The first-order chi connectivity index (χ1) is 9.99. The Hall–Kier alpha value is -0.280. The molecule has 0 bridgehead atoms. The molecule has 120 valence electrons. The molecule has 0 aliphatic rings. The van der Waals surface area contributed by atoms with Crippen LogP contribution in [0.5, 0.6) is 0 Å². The normalized spacial score (nSPS) is 14.4. The van der Waals surface area contributed by atoms with Crippen molar-refractivity contribution in [3.05, 3.63) is 33.8 Å². The van der Waals surface area contributed by atoms with E-state index in [0.717, 1.165) is 36.6 Å². The van der Waals surface area contributed by atoms with E-state index in [9.17, 15) is 0 Å². The molecule has 0 amide bonds. The van der Waals surface area contributed by atoms with Crippen molar-refractivity contribution in [2.75, 3.05) is 13.2 Å². The number of ether oxygens (including phenoxy) is 1. The van der Waals surface area contributed by atoms with E-state index in [-0.39, 0.29) is 12.1 Å². The molecule has 0 radical (unpaired) electrons. The largest absolute Gasteiger partial charge is 0.377 e. The van der Waals surface area contributed by atoms with Gasteiger partial charge in [0.25, 0.3) is 0 Å². The lowest BCUT2D eigenvalue weighted by Crippen LogP contribution is -2.46. The van der Waals surface area contributed by atoms with Crippen molar-refractivity contribution in [3.63, 3.8) is 0 Å². The summed E-state index contributed by atoms with van der Waals surface area (Å²) < 4.78 is 5.97. The van der Waals surface area contributed by atoms with Crippen molar-refractivity contribution in [3.8, 4) is 0 Å². The molecule has 21 heavy (non-hydrogen) atoms. The van der Waals surface area contributed by atoms with Crippen LogP contribution in [0, 0.1) is 5.92 Å². The summed E-state index contributed by atoms with van der Waals surface area (Å²) in [4.78, 5) is 0. The second-order valence-electron chi connectivity index (χ2n) is 5.66. The Morgan fingerprint density at radius 3 is 2.43 bits per heavy atom. The van der Waals surface area contributed by atoms with Gasteiger partial charge < -0.3 is 10.1 Å². The Bertz CT molecular complexity index is 423. The van der Waals surface area contributed by atoms with Crippen LogP contribution in [-0.4, -0.2) is 25.3 Å². The highest BCUT2D eigenvalue weighted by Crippen LogP contribution is 2.24. The number of hydrogen-bond donors (Lipinski definition) is 1. The van der Waals surface area contributed by atoms with Crippen LogP contribution in [0.15, 0.2) is 18.2 Å². The van der Waals surface area contributed by atoms with E-state index in [2.05, 4.69) is 26.1 Å². The van der Waals surface area contributed by atoms with Crippen LogP contribution in [0.2, 0.25) is 10.0 Å². The van der Waals surface area contributed by atoms with Gasteiger partial charge in [-0.3, -0.25) is 0 Å². The summed E-state index contributed by atoms with van der Waals surface area (Å²) in [5.74, 6) is 0.449. The Morgan fingerprint density at radius 1 is 1.19 bits per heavy atom. The molecule has 0 aliphatic carbocycles. The van der Waals surface area contributed by atoms with Gasteiger partial charge in [0.15, 0.2) is 0 Å². The average molecular weight is 332 g/mol. The van der Waals surface area contributed by atoms with Crippen LogP contribution in [0.1, 0.15) is 39.7 Å². The zero-order chi connectivity index (χ0) is 15.8. The lowest BCUT2D eigenvalue weighted by molar-refractivity contribution is 0.00363. The molecule has 0 fully saturated rings. The zero-order valence-corrected chi connectivity index (χ0v) is 15.0. The molecule has 1 N–H and O–H groups in total. The predicted molar refractivity (Wildman–Crippen MR) is 92.5 cm³/mol. The van der Waals surface area contributed by atoms with Crippen molar-refractivity contribution in [1.29, 1.82) is 0 Å². The standard InChI is InChI=1S/C17H27Cl2NO/c1-5-9-20-16(17(12(3)4)21-6-2)10-13-7-8-14(18)11-15(13)19/h7-8,11-12,16-17,20H,5-6,9-10H2,1-4H3. The van der Waals surface area contributed by atoms with Crippen LogP contribution in [0.25, 0.3) is 0 Å². The molecule has 2 atom stereocenters. The van der Waals surface area contributed by atoms with Gasteiger partial charge in [-0.2, -0.15) is 0 Å². The molecular formula is C17H27Cl2NO. The third-order valence-electron chi connectivity index (χ3n) is 3.52. The summed E-state index contributed by atoms with van der Waals surface area (Å²) >= 11 is 12.3. The van der Waals surface area contributed by atoms with Gasteiger partial charge in [-0.05, 0) is 49.9 Å². The maximum absolute atomic E-state index is 6.32. The summed E-state index contributed by atoms with van der Waals surface area (Å²) in [6.45, 7) is 10.3. The third-order valence-corrected chi connectivity index (χ3v) is 4.11. The Balaban J connectivity index is 2.89. The number of hydrogen-bond acceptors (Lipinski definition) is 2. The first-order valence-corrected chi connectivity index (χ1v) is 8.54. The molecule has 1 aromatic carbocycles. The van der Waals surface area contributed by atoms with Crippen LogP contribution >= 0.6 is 23.2 Å². The summed E-state index contributed by atoms with van der Waals surface area (Å²) in [6.07, 6.45) is 2.12. The van der Waals surface area contributed by atoms with Gasteiger partial charge in [0.2, 0.25) is 0 Å². The Morgan fingerprint density at radius 2 is 1.90 bits per heavy atom. The predicted octanol–water partition coefficient (Wildman–Crippen LogP) is 4.97. The average Bonchev–Trinajstić information content (AvgIpc) is 2.43. The van der Waals surface area contributed by atoms with E-state index in [1.807, 2.05) is 19.1 Å². The van der Waals surface area contributed by atoms with E-state index >= 15 is 0 Å². The van der Waals surface area contributed by atoms with E-state index in [4.69, 9.17) is 27.9 Å². The highest BCUT2D eigenvalue weighted by atomic mass is 35.5. The van der Waals surface area contributed by atoms with Crippen molar-refractivity contribution >= 4 is 23.2 Å². The number of halogens is 2. The molecule has 0 aromatic heterocycles. The second-order valence-corrected chi connectivity index (χ2v) is 6.51. The van der Waals surface area contributed by atoms with Crippen LogP contribution in [-0.2, 0) is 11.2 Å². The number of rotatable bonds is 9. The lowest BCUT2D eigenvalue weighted by Gasteiger charge is -2.31. The smallest absolute Gasteiger partial charge is 0.0753 e. The van der Waals surface area contributed by atoms with Gasteiger partial charge in [0.05, 0.1) is 6.10 Å². The molecule has 2 unspecified atom stereocenters. The maximum Gasteiger partial charge on any atom is 0.0753 e. The van der Waals surface area contributed by atoms with Gasteiger partial charge in [0.1, 0.15) is 0 Å². The number of benzene rings is 1. The maximum atomic E-state index is 6.32. The molecule has 0 heterocycles. The summed E-state index contributed by atoms with van der Waals surface area (Å²) in [5, 5.41) is 5.01. The molecule has 0 spiro atoms. The minimum absolute atomic E-state index is 0.174. The van der Waals surface area contributed by atoms with E-state index in [0.29, 0.717) is 10.9 Å². The minimum atomic E-state index is 0.174. The lowest BCUT2D eigenvalue weighted by atomic mass is 9.93. The molecule has 0 saturated carbocycles. The van der Waals surface area contributed by atoms with Gasteiger partial charge in [-0.1, -0.05) is 50.0 Å². The first-order valence-electron chi connectivity index (χ1n) is 7.78. The van der Waals surface area contributed by atoms with Crippen LogP contribution in [0.4, 0.5) is 0 Å². The highest BCUT2D eigenvalue weighted by molar-refractivity contribution is 6.35.